The topological polar surface area (TPSA) is 17.8 Å². The molecule has 0 amide bonds. The average Bonchev–Trinajstić information content (AvgIpc) is 3.03. The summed E-state index contributed by atoms with van der Waals surface area (Å²) >= 11 is 0. The van der Waals surface area contributed by atoms with Gasteiger partial charge < -0.3 is 0 Å². The van der Waals surface area contributed by atoms with Crippen molar-refractivity contribution in [2.75, 3.05) is 0 Å². The predicted octanol–water partition coefficient (Wildman–Crippen LogP) is 3.06. The zero-order chi connectivity index (χ0) is 10.3. The summed E-state index contributed by atoms with van der Waals surface area (Å²) in [6.07, 6.45) is 4.61. The zero-order valence-corrected chi connectivity index (χ0v) is 8.85. The van der Waals surface area contributed by atoms with Gasteiger partial charge in [-0.25, -0.2) is 4.68 Å². The lowest BCUT2D eigenvalue weighted by Crippen LogP contribution is -2.01. The summed E-state index contributed by atoms with van der Waals surface area (Å²) < 4.78 is 2.09. The molecule has 0 saturated heterocycles. The van der Waals surface area contributed by atoms with Gasteiger partial charge in [-0.15, -0.1) is 0 Å². The maximum absolute atomic E-state index is 4.46. The first-order valence-electron chi connectivity index (χ1n) is 5.46. The number of aromatic nitrogens is 2. The normalized spacial score (nSPS) is 15.5. The monoisotopic (exact) mass is 198 g/mol. The van der Waals surface area contributed by atoms with E-state index < -0.39 is 0 Å². The van der Waals surface area contributed by atoms with Crippen molar-refractivity contribution in [3.8, 4) is 5.69 Å². The van der Waals surface area contributed by atoms with Gasteiger partial charge in [0.05, 0.1) is 17.6 Å². The molecule has 2 aromatic rings. The lowest BCUT2D eigenvalue weighted by atomic mass is 10.2. The molecule has 1 heterocycles. The zero-order valence-electron chi connectivity index (χ0n) is 8.85. The van der Waals surface area contributed by atoms with Gasteiger partial charge >= 0.3 is 0 Å². The SMILES string of the molecule is Cc1cnn(-c2ccccc2)c1C1CC1. The fraction of sp³-hybridized carbons (Fsp3) is 0.308. The van der Waals surface area contributed by atoms with Crippen LogP contribution in [0.25, 0.3) is 5.69 Å². The molecule has 0 N–H and O–H groups in total. The summed E-state index contributed by atoms with van der Waals surface area (Å²) in [4.78, 5) is 0. The van der Waals surface area contributed by atoms with E-state index in [0.29, 0.717) is 0 Å². The van der Waals surface area contributed by atoms with E-state index in [-0.39, 0.29) is 0 Å². The number of rotatable bonds is 2. The molecular weight excluding hydrogens is 184 g/mol. The van der Waals surface area contributed by atoms with Crippen molar-refractivity contribution in [1.29, 1.82) is 0 Å². The Morgan fingerprint density at radius 1 is 1.20 bits per heavy atom. The largest absolute Gasteiger partial charge is 0.237 e. The van der Waals surface area contributed by atoms with E-state index in [9.17, 15) is 0 Å². The molecule has 1 saturated carbocycles. The van der Waals surface area contributed by atoms with Crippen molar-refractivity contribution in [2.45, 2.75) is 25.7 Å². The molecule has 1 aliphatic carbocycles. The maximum atomic E-state index is 4.46. The highest BCUT2D eigenvalue weighted by Gasteiger charge is 2.29. The third-order valence-corrected chi connectivity index (χ3v) is 2.96. The Morgan fingerprint density at radius 2 is 1.93 bits per heavy atom. The third kappa shape index (κ3) is 1.46. The van der Waals surface area contributed by atoms with Gasteiger partial charge in [0.2, 0.25) is 0 Å². The van der Waals surface area contributed by atoms with E-state index in [4.69, 9.17) is 0 Å². The molecule has 1 fully saturated rings. The molecule has 2 heteroatoms. The third-order valence-electron chi connectivity index (χ3n) is 2.96. The van der Waals surface area contributed by atoms with Crippen LogP contribution in [0.2, 0.25) is 0 Å². The first-order chi connectivity index (χ1) is 7.36. The molecule has 1 aromatic heterocycles. The van der Waals surface area contributed by atoms with Crippen molar-refractivity contribution in [3.63, 3.8) is 0 Å². The van der Waals surface area contributed by atoms with Crippen LogP contribution >= 0.6 is 0 Å². The Morgan fingerprint density at radius 3 is 2.60 bits per heavy atom. The van der Waals surface area contributed by atoms with E-state index in [1.165, 1.54) is 29.8 Å². The van der Waals surface area contributed by atoms with Crippen LogP contribution in [-0.4, -0.2) is 9.78 Å². The van der Waals surface area contributed by atoms with Crippen molar-refractivity contribution in [1.82, 2.24) is 9.78 Å². The summed E-state index contributed by atoms with van der Waals surface area (Å²) in [5.41, 5.74) is 3.90. The number of hydrogen-bond donors (Lipinski definition) is 0. The summed E-state index contributed by atoms with van der Waals surface area (Å²) in [5, 5.41) is 4.46. The van der Waals surface area contributed by atoms with Gasteiger partial charge in [0.25, 0.3) is 0 Å². The number of hydrogen-bond acceptors (Lipinski definition) is 1. The minimum absolute atomic E-state index is 0.743. The fourth-order valence-corrected chi connectivity index (χ4v) is 2.07. The maximum Gasteiger partial charge on any atom is 0.0649 e. The first-order valence-corrected chi connectivity index (χ1v) is 5.46. The smallest absolute Gasteiger partial charge is 0.0649 e. The number of nitrogens with zero attached hydrogens (tertiary/aromatic N) is 2. The highest BCUT2D eigenvalue weighted by atomic mass is 15.3. The van der Waals surface area contributed by atoms with Crippen molar-refractivity contribution in [3.05, 3.63) is 47.8 Å². The van der Waals surface area contributed by atoms with Crippen LogP contribution in [0.15, 0.2) is 36.5 Å². The number of benzene rings is 1. The Kier molecular flexibility index (Phi) is 1.88. The van der Waals surface area contributed by atoms with Crippen LogP contribution in [0.1, 0.15) is 30.0 Å². The molecule has 1 aromatic carbocycles. The van der Waals surface area contributed by atoms with Crippen molar-refractivity contribution < 1.29 is 0 Å². The minimum Gasteiger partial charge on any atom is -0.237 e. The molecule has 76 valence electrons. The summed E-state index contributed by atoms with van der Waals surface area (Å²) in [6, 6.07) is 10.4. The lowest BCUT2D eigenvalue weighted by molar-refractivity contribution is 0.805. The molecule has 0 atom stereocenters. The van der Waals surface area contributed by atoms with Crippen LogP contribution in [0.3, 0.4) is 0 Å². The Bertz CT molecular complexity index is 467. The van der Waals surface area contributed by atoms with Crippen molar-refractivity contribution >= 4 is 0 Å². The molecule has 0 unspecified atom stereocenters. The molecule has 0 spiro atoms. The second kappa shape index (κ2) is 3.23. The van der Waals surface area contributed by atoms with Crippen LogP contribution < -0.4 is 0 Å². The second-order valence-corrected chi connectivity index (χ2v) is 4.23. The van der Waals surface area contributed by atoms with Crippen LogP contribution in [0, 0.1) is 6.92 Å². The van der Waals surface area contributed by atoms with E-state index in [2.05, 4.69) is 41.0 Å². The van der Waals surface area contributed by atoms with Gasteiger partial charge in [-0.3, -0.25) is 0 Å². The van der Waals surface area contributed by atoms with E-state index in [0.717, 1.165) is 5.92 Å². The van der Waals surface area contributed by atoms with Gasteiger partial charge in [-0.2, -0.15) is 5.10 Å². The molecule has 1 aliphatic rings. The van der Waals surface area contributed by atoms with Gasteiger partial charge in [0, 0.05) is 5.92 Å². The highest BCUT2D eigenvalue weighted by Crippen LogP contribution is 2.42. The van der Waals surface area contributed by atoms with Gasteiger partial charge in [-0.1, -0.05) is 18.2 Å². The Balaban J connectivity index is 2.12. The van der Waals surface area contributed by atoms with Crippen molar-refractivity contribution in [2.24, 2.45) is 0 Å². The van der Waals surface area contributed by atoms with E-state index in [1.807, 2.05) is 12.3 Å². The predicted molar refractivity (Wildman–Crippen MR) is 60.3 cm³/mol. The molecule has 15 heavy (non-hydrogen) atoms. The second-order valence-electron chi connectivity index (χ2n) is 4.23. The van der Waals surface area contributed by atoms with Crippen LogP contribution in [-0.2, 0) is 0 Å². The quantitative estimate of drug-likeness (QED) is 0.725. The minimum atomic E-state index is 0.743. The van der Waals surface area contributed by atoms with Gasteiger partial charge in [0.1, 0.15) is 0 Å². The first kappa shape index (κ1) is 8.72. The number of para-hydroxylation sites is 1. The molecule has 0 radical (unpaired) electrons. The Hall–Kier alpha value is -1.57. The highest BCUT2D eigenvalue weighted by molar-refractivity contribution is 5.37. The van der Waals surface area contributed by atoms with Gasteiger partial charge in [0.15, 0.2) is 0 Å². The van der Waals surface area contributed by atoms with E-state index in [1.54, 1.807) is 0 Å². The summed E-state index contributed by atoms with van der Waals surface area (Å²) in [6.45, 7) is 2.15. The Labute approximate surface area is 89.5 Å². The molecule has 3 rings (SSSR count). The van der Waals surface area contributed by atoms with Crippen LogP contribution in [0.5, 0.6) is 0 Å². The fourth-order valence-electron chi connectivity index (χ4n) is 2.07. The standard InChI is InChI=1S/C13H14N2/c1-10-9-14-15(13(10)11-7-8-11)12-5-3-2-4-6-12/h2-6,9,11H,7-8H2,1H3. The molecule has 0 bridgehead atoms. The number of aryl methyl sites for hydroxylation is 1. The molecule has 0 aliphatic heterocycles. The van der Waals surface area contributed by atoms with Crippen LogP contribution in [0.4, 0.5) is 0 Å². The van der Waals surface area contributed by atoms with E-state index >= 15 is 0 Å². The molecule has 2 nitrogen and oxygen atoms in total. The average molecular weight is 198 g/mol. The summed E-state index contributed by atoms with van der Waals surface area (Å²) in [5.74, 6) is 0.743. The summed E-state index contributed by atoms with van der Waals surface area (Å²) in [7, 11) is 0. The lowest BCUT2D eigenvalue weighted by Gasteiger charge is -2.06. The molecular formula is C13H14N2. The van der Waals surface area contributed by atoms with Gasteiger partial charge in [-0.05, 0) is 37.5 Å².